The van der Waals surface area contributed by atoms with Gasteiger partial charge in [0.15, 0.2) is 6.20 Å². The van der Waals surface area contributed by atoms with E-state index in [1.54, 1.807) is 6.20 Å². The smallest absolute Gasteiger partial charge is 0.267 e. The van der Waals surface area contributed by atoms with Crippen LogP contribution >= 0.6 is 0 Å². The molecular weight excluding hydrogens is 200 g/mol. The van der Waals surface area contributed by atoms with Gasteiger partial charge in [0.2, 0.25) is 6.20 Å². The van der Waals surface area contributed by atoms with Crippen molar-refractivity contribution in [3.63, 3.8) is 0 Å². The molecule has 0 bridgehead atoms. The largest absolute Gasteiger partial charge is 0.319 e. The van der Waals surface area contributed by atoms with Crippen LogP contribution < -0.4 is 4.68 Å². The van der Waals surface area contributed by atoms with E-state index in [1.807, 2.05) is 52.1 Å². The summed E-state index contributed by atoms with van der Waals surface area (Å²) in [4.78, 5) is 7.76. The Labute approximate surface area is 92.5 Å². The Bertz CT molecular complexity index is 615. The van der Waals surface area contributed by atoms with Crippen LogP contribution in [0, 0.1) is 0 Å². The van der Waals surface area contributed by atoms with Gasteiger partial charge in [-0.1, -0.05) is 21.5 Å². The van der Waals surface area contributed by atoms with Gasteiger partial charge in [0.1, 0.15) is 0 Å². The first kappa shape index (κ1) is 8.91. The lowest BCUT2D eigenvalue weighted by molar-refractivity contribution is -0.650. The van der Waals surface area contributed by atoms with Gasteiger partial charge in [-0.2, -0.15) is 0 Å². The number of rotatable bonds is 2. The van der Waals surface area contributed by atoms with Crippen LogP contribution in [0.25, 0.3) is 23.2 Å². The Balaban J connectivity index is 2.22. The maximum atomic E-state index is 4.50. The second-order valence-corrected chi connectivity index (χ2v) is 3.48. The van der Waals surface area contributed by atoms with Crippen molar-refractivity contribution in [3.05, 3.63) is 49.3 Å². The van der Waals surface area contributed by atoms with Gasteiger partial charge in [-0.25, -0.2) is 4.98 Å². The maximum Gasteiger partial charge on any atom is 0.267 e. The Morgan fingerprint density at radius 3 is 3.00 bits per heavy atom. The molecule has 0 fully saturated rings. The van der Waals surface area contributed by atoms with E-state index < -0.39 is 0 Å². The lowest BCUT2D eigenvalue weighted by Crippen LogP contribution is -2.35. The molecule has 4 heteroatoms. The molecule has 0 atom stereocenters. The zero-order valence-corrected chi connectivity index (χ0v) is 8.67. The highest BCUT2D eigenvalue weighted by Gasteiger charge is 2.10. The van der Waals surface area contributed by atoms with Crippen LogP contribution in [0.4, 0.5) is 0 Å². The van der Waals surface area contributed by atoms with Crippen molar-refractivity contribution in [1.29, 1.82) is 0 Å². The first-order chi connectivity index (χ1) is 7.88. The summed E-state index contributed by atoms with van der Waals surface area (Å²) in [7, 11) is 0. The number of fused-ring (bicyclic) bond motifs is 1. The number of hydrogen-bond donors (Lipinski definition) is 1. The van der Waals surface area contributed by atoms with Crippen molar-refractivity contribution >= 4 is 17.2 Å². The predicted octanol–water partition coefficient (Wildman–Crippen LogP) is 1.74. The molecule has 4 nitrogen and oxygen atoms in total. The SMILES string of the molecule is C=C[n+]1cccn1-c1nc2ccccc2[nH]1. The quantitative estimate of drug-likeness (QED) is 0.644. The highest BCUT2D eigenvalue weighted by molar-refractivity contribution is 5.75. The summed E-state index contributed by atoms with van der Waals surface area (Å²) in [6.07, 6.45) is 5.58. The Morgan fingerprint density at radius 1 is 1.31 bits per heavy atom. The fourth-order valence-electron chi connectivity index (χ4n) is 1.73. The third-order valence-electron chi connectivity index (χ3n) is 2.50. The van der Waals surface area contributed by atoms with Crippen molar-refractivity contribution in [1.82, 2.24) is 14.6 Å². The van der Waals surface area contributed by atoms with Crippen LogP contribution in [0.2, 0.25) is 0 Å². The molecule has 1 N–H and O–H groups in total. The molecule has 16 heavy (non-hydrogen) atoms. The monoisotopic (exact) mass is 211 g/mol. The summed E-state index contributed by atoms with van der Waals surface area (Å²) in [5, 5.41) is 0. The normalized spacial score (nSPS) is 10.8. The summed E-state index contributed by atoms with van der Waals surface area (Å²) >= 11 is 0. The average molecular weight is 211 g/mol. The summed E-state index contributed by atoms with van der Waals surface area (Å²) in [5.74, 6) is 0.783. The van der Waals surface area contributed by atoms with Crippen LogP contribution in [0.3, 0.4) is 0 Å². The Hall–Kier alpha value is -2.36. The zero-order valence-electron chi connectivity index (χ0n) is 8.67. The number of H-pyrrole nitrogens is 1. The molecule has 3 aromatic rings. The molecule has 0 aliphatic heterocycles. The van der Waals surface area contributed by atoms with E-state index in [-0.39, 0.29) is 0 Å². The minimum Gasteiger partial charge on any atom is -0.319 e. The molecule has 0 spiro atoms. The zero-order chi connectivity index (χ0) is 11.0. The van der Waals surface area contributed by atoms with Gasteiger partial charge < -0.3 is 4.98 Å². The topological polar surface area (TPSA) is 37.5 Å². The van der Waals surface area contributed by atoms with Gasteiger partial charge in [0.05, 0.1) is 17.2 Å². The van der Waals surface area contributed by atoms with Gasteiger partial charge >= 0.3 is 0 Å². The van der Waals surface area contributed by atoms with Crippen LogP contribution in [0.1, 0.15) is 0 Å². The van der Waals surface area contributed by atoms with Gasteiger partial charge in [-0.15, -0.1) is 0 Å². The number of aromatic nitrogens is 4. The summed E-state index contributed by atoms with van der Waals surface area (Å²) in [6, 6.07) is 9.89. The van der Waals surface area contributed by atoms with E-state index in [0.717, 1.165) is 17.0 Å². The van der Waals surface area contributed by atoms with E-state index in [4.69, 9.17) is 0 Å². The number of nitrogens with one attached hydrogen (secondary N) is 1. The lowest BCUT2D eigenvalue weighted by atomic mass is 10.3. The minimum absolute atomic E-state index is 0.783. The first-order valence-electron chi connectivity index (χ1n) is 5.05. The maximum absolute atomic E-state index is 4.50. The molecule has 0 aliphatic carbocycles. The lowest BCUT2D eigenvalue weighted by Gasteiger charge is -1.92. The van der Waals surface area contributed by atoms with E-state index in [0.29, 0.717) is 0 Å². The van der Waals surface area contributed by atoms with Gasteiger partial charge in [0, 0.05) is 6.07 Å². The van der Waals surface area contributed by atoms with Crippen LogP contribution in [-0.4, -0.2) is 14.6 Å². The molecule has 78 valence electrons. The number of hydrogen-bond acceptors (Lipinski definition) is 1. The number of benzene rings is 1. The van der Waals surface area contributed by atoms with Crippen LogP contribution in [0.5, 0.6) is 0 Å². The van der Waals surface area contributed by atoms with E-state index in [1.165, 1.54) is 0 Å². The highest BCUT2D eigenvalue weighted by atomic mass is 15.4. The number of nitrogens with zero attached hydrogens (tertiary/aromatic N) is 3. The van der Waals surface area contributed by atoms with E-state index >= 15 is 0 Å². The molecule has 0 aliphatic rings. The number of imidazole rings is 1. The molecule has 0 saturated heterocycles. The van der Waals surface area contributed by atoms with Gasteiger partial charge in [-0.3, -0.25) is 0 Å². The Kier molecular flexibility index (Phi) is 1.86. The van der Waals surface area contributed by atoms with Gasteiger partial charge in [0.25, 0.3) is 5.95 Å². The molecule has 2 heterocycles. The highest BCUT2D eigenvalue weighted by Crippen LogP contribution is 2.11. The second kappa shape index (κ2) is 3.34. The minimum atomic E-state index is 0.783. The molecule has 0 saturated carbocycles. The standard InChI is InChI=1S/C12H11N4/c1-2-15-8-5-9-16(15)12-13-10-6-3-4-7-11(10)14-12/h2-9H,1H2,(H,13,14)/q+1. The van der Waals surface area contributed by atoms with Crippen molar-refractivity contribution in [2.75, 3.05) is 0 Å². The fraction of sp³-hybridized carbons (Fsp3) is 0. The molecule has 0 amide bonds. The first-order valence-corrected chi connectivity index (χ1v) is 5.05. The predicted molar refractivity (Wildman–Crippen MR) is 62.0 cm³/mol. The third-order valence-corrected chi connectivity index (χ3v) is 2.50. The van der Waals surface area contributed by atoms with Crippen molar-refractivity contribution in [2.24, 2.45) is 0 Å². The molecule has 2 aromatic heterocycles. The van der Waals surface area contributed by atoms with Crippen LogP contribution in [-0.2, 0) is 0 Å². The van der Waals surface area contributed by atoms with Crippen molar-refractivity contribution in [2.45, 2.75) is 0 Å². The summed E-state index contributed by atoms with van der Waals surface area (Å²) in [5.41, 5.74) is 1.99. The van der Waals surface area contributed by atoms with E-state index in [9.17, 15) is 0 Å². The second-order valence-electron chi connectivity index (χ2n) is 3.48. The van der Waals surface area contributed by atoms with Gasteiger partial charge in [-0.05, 0) is 18.7 Å². The molecule has 0 unspecified atom stereocenters. The number of para-hydroxylation sites is 2. The van der Waals surface area contributed by atoms with Crippen LogP contribution in [0.15, 0.2) is 49.3 Å². The van der Waals surface area contributed by atoms with E-state index in [2.05, 4.69) is 16.5 Å². The molecular formula is C12H11N4+. The molecule has 0 radical (unpaired) electrons. The van der Waals surface area contributed by atoms with Crippen molar-refractivity contribution < 1.29 is 4.68 Å². The summed E-state index contributed by atoms with van der Waals surface area (Å²) < 4.78 is 3.75. The molecule has 3 rings (SSSR count). The number of aromatic amines is 1. The van der Waals surface area contributed by atoms with Crippen molar-refractivity contribution in [3.8, 4) is 5.95 Å². The molecule has 1 aromatic carbocycles. The Morgan fingerprint density at radius 2 is 2.19 bits per heavy atom. The third kappa shape index (κ3) is 1.24. The summed E-state index contributed by atoms with van der Waals surface area (Å²) in [6.45, 7) is 3.74. The average Bonchev–Trinajstić information content (AvgIpc) is 2.94. The fourth-order valence-corrected chi connectivity index (χ4v) is 1.73.